The van der Waals surface area contributed by atoms with Crippen LogP contribution in [0.5, 0.6) is 11.5 Å². The van der Waals surface area contributed by atoms with Crippen molar-refractivity contribution in [3.63, 3.8) is 0 Å². The van der Waals surface area contributed by atoms with E-state index < -0.39 is 17.9 Å². The summed E-state index contributed by atoms with van der Waals surface area (Å²) in [4.78, 5) is 11.3. The molecule has 0 amide bonds. The Morgan fingerprint density at radius 1 is 1.15 bits per heavy atom. The van der Waals surface area contributed by atoms with E-state index in [1.807, 2.05) is 0 Å². The van der Waals surface area contributed by atoms with E-state index in [0.717, 1.165) is 13.2 Å². The molecule has 8 heteroatoms. The standard InChI is InChI=1S/C18H16BrF3O4/c1-3-11-7-8-16(13(9-11)18(20,21)22)25-10-12-14(19)5-4-6-15(12)26-17(23)24-2/h4-9H,3,10H2,1-2H3. The first-order chi connectivity index (χ1) is 12.3. The highest BCUT2D eigenvalue weighted by atomic mass is 79.9. The van der Waals surface area contributed by atoms with E-state index >= 15 is 0 Å². The van der Waals surface area contributed by atoms with Crippen molar-refractivity contribution in [2.24, 2.45) is 0 Å². The van der Waals surface area contributed by atoms with Crippen molar-refractivity contribution < 1.29 is 32.2 Å². The van der Waals surface area contributed by atoms with Gasteiger partial charge in [0, 0.05) is 10.0 Å². The summed E-state index contributed by atoms with van der Waals surface area (Å²) >= 11 is 3.28. The lowest BCUT2D eigenvalue weighted by atomic mass is 10.1. The fourth-order valence-corrected chi connectivity index (χ4v) is 2.66. The topological polar surface area (TPSA) is 44.8 Å². The van der Waals surface area contributed by atoms with Gasteiger partial charge in [-0.25, -0.2) is 4.79 Å². The molecule has 26 heavy (non-hydrogen) atoms. The third-order valence-corrected chi connectivity index (χ3v) is 4.31. The van der Waals surface area contributed by atoms with Crippen molar-refractivity contribution >= 4 is 22.1 Å². The van der Waals surface area contributed by atoms with Crippen molar-refractivity contribution in [2.45, 2.75) is 26.1 Å². The van der Waals surface area contributed by atoms with Gasteiger partial charge in [0.2, 0.25) is 0 Å². The smallest absolute Gasteiger partial charge is 0.488 e. The summed E-state index contributed by atoms with van der Waals surface area (Å²) in [5, 5.41) is 0. The molecular formula is C18H16BrF3O4. The zero-order valence-electron chi connectivity index (χ0n) is 14.0. The van der Waals surface area contributed by atoms with Gasteiger partial charge in [-0.15, -0.1) is 0 Å². The zero-order valence-corrected chi connectivity index (χ0v) is 15.6. The number of methoxy groups -OCH3 is 1. The Morgan fingerprint density at radius 3 is 2.50 bits per heavy atom. The molecule has 0 radical (unpaired) electrons. The van der Waals surface area contributed by atoms with Gasteiger partial charge in [-0.1, -0.05) is 35.0 Å². The Kier molecular flexibility index (Phi) is 6.52. The fourth-order valence-electron chi connectivity index (χ4n) is 2.20. The van der Waals surface area contributed by atoms with Crippen LogP contribution in [0.25, 0.3) is 0 Å². The van der Waals surface area contributed by atoms with E-state index in [1.165, 1.54) is 12.1 Å². The van der Waals surface area contributed by atoms with E-state index in [0.29, 0.717) is 22.0 Å². The predicted octanol–water partition coefficient (Wildman–Crippen LogP) is 5.75. The molecule has 0 aliphatic carbocycles. The number of rotatable bonds is 5. The van der Waals surface area contributed by atoms with Crippen LogP contribution in [0.3, 0.4) is 0 Å². The second-order valence-corrected chi connectivity index (χ2v) is 6.10. The van der Waals surface area contributed by atoms with Gasteiger partial charge in [-0.2, -0.15) is 13.2 Å². The van der Waals surface area contributed by atoms with Crippen LogP contribution >= 0.6 is 15.9 Å². The van der Waals surface area contributed by atoms with E-state index in [9.17, 15) is 18.0 Å². The highest BCUT2D eigenvalue weighted by Crippen LogP contribution is 2.38. The molecule has 0 spiro atoms. The van der Waals surface area contributed by atoms with Gasteiger partial charge in [-0.3, -0.25) is 0 Å². The van der Waals surface area contributed by atoms with Gasteiger partial charge in [0.15, 0.2) is 0 Å². The van der Waals surface area contributed by atoms with Crippen LogP contribution in [0.4, 0.5) is 18.0 Å². The number of carbonyl (C=O) groups is 1. The molecular weight excluding hydrogens is 417 g/mol. The van der Waals surface area contributed by atoms with Crippen molar-refractivity contribution in [3.05, 3.63) is 57.6 Å². The van der Waals surface area contributed by atoms with Crippen molar-refractivity contribution in [1.29, 1.82) is 0 Å². The summed E-state index contributed by atoms with van der Waals surface area (Å²) in [6.07, 6.45) is -5.00. The summed E-state index contributed by atoms with van der Waals surface area (Å²) < 4.78 is 55.2. The minimum atomic E-state index is -4.54. The van der Waals surface area contributed by atoms with E-state index in [4.69, 9.17) is 9.47 Å². The molecule has 0 aliphatic heterocycles. The van der Waals surface area contributed by atoms with Crippen LogP contribution in [-0.4, -0.2) is 13.3 Å². The second-order valence-electron chi connectivity index (χ2n) is 5.24. The molecule has 0 heterocycles. The summed E-state index contributed by atoms with van der Waals surface area (Å²) in [5.41, 5.74) is 0.0882. The van der Waals surface area contributed by atoms with E-state index in [2.05, 4.69) is 20.7 Å². The van der Waals surface area contributed by atoms with Gasteiger partial charge >= 0.3 is 12.3 Å². The lowest BCUT2D eigenvalue weighted by Gasteiger charge is -2.17. The van der Waals surface area contributed by atoms with E-state index in [-0.39, 0.29) is 18.1 Å². The highest BCUT2D eigenvalue weighted by Gasteiger charge is 2.34. The van der Waals surface area contributed by atoms with Crippen molar-refractivity contribution in [1.82, 2.24) is 0 Å². The quantitative estimate of drug-likeness (QED) is 0.445. The van der Waals surface area contributed by atoms with Crippen LogP contribution < -0.4 is 9.47 Å². The normalized spacial score (nSPS) is 11.2. The van der Waals surface area contributed by atoms with Crippen LogP contribution in [0, 0.1) is 0 Å². The maximum Gasteiger partial charge on any atom is 0.513 e. The van der Waals surface area contributed by atoms with E-state index in [1.54, 1.807) is 25.1 Å². The number of benzene rings is 2. The zero-order chi connectivity index (χ0) is 19.3. The Balaban J connectivity index is 2.31. The number of carbonyl (C=O) groups excluding carboxylic acids is 1. The molecule has 0 aromatic heterocycles. The first-order valence-corrected chi connectivity index (χ1v) is 8.41. The molecule has 0 N–H and O–H groups in total. The minimum Gasteiger partial charge on any atom is -0.488 e. The summed E-state index contributed by atoms with van der Waals surface area (Å²) in [6, 6.07) is 8.71. The van der Waals surface area contributed by atoms with Crippen LogP contribution in [0.1, 0.15) is 23.6 Å². The maximum atomic E-state index is 13.3. The predicted molar refractivity (Wildman–Crippen MR) is 92.3 cm³/mol. The number of alkyl halides is 3. The lowest BCUT2D eigenvalue weighted by Crippen LogP contribution is -2.12. The molecule has 0 saturated heterocycles. The molecule has 0 unspecified atom stereocenters. The Labute approximate surface area is 157 Å². The van der Waals surface area contributed by atoms with Crippen LogP contribution in [0.15, 0.2) is 40.9 Å². The number of ether oxygens (including phenoxy) is 3. The van der Waals surface area contributed by atoms with Crippen molar-refractivity contribution in [3.8, 4) is 11.5 Å². The first kappa shape index (κ1) is 20.1. The Hall–Kier alpha value is -2.22. The molecule has 0 atom stereocenters. The highest BCUT2D eigenvalue weighted by molar-refractivity contribution is 9.10. The molecule has 4 nitrogen and oxygen atoms in total. The molecule has 0 bridgehead atoms. The third kappa shape index (κ3) is 4.91. The number of hydrogen-bond donors (Lipinski definition) is 0. The molecule has 140 valence electrons. The van der Waals surface area contributed by atoms with Crippen LogP contribution in [0.2, 0.25) is 0 Å². The van der Waals surface area contributed by atoms with Gasteiger partial charge in [0.25, 0.3) is 0 Å². The van der Waals surface area contributed by atoms with Gasteiger partial charge in [0.1, 0.15) is 18.1 Å². The summed E-state index contributed by atoms with van der Waals surface area (Å²) in [5.74, 6) is -0.167. The Bertz CT molecular complexity index is 790. The Morgan fingerprint density at radius 2 is 1.88 bits per heavy atom. The largest absolute Gasteiger partial charge is 0.513 e. The molecule has 0 aliphatic rings. The number of halogens is 4. The maximum absolute atomic E-state index is 13.3. The second kappa shape index (κ2) is 8.44. The first-order valence-electron chi connectivity index (χ1n) is 7.62. The average molecular weight is 433 g/mol. The molecule has 2 aromatic rings. The average Bonchev–Trinajstić information content (AvgIpc) is 2.60. The van der Waals surface area contributed by atoms with Gasteiger partial charge in [0.05, 0.1) is 12.7 Å². The van der Waals surface area contributed by atoms with Crippen LogP contribution in [-0.2, 0) is 23.9 Å². The van der Waals surface area contributed by atoms with Gasteiger partial charge in [-0.05, 0) is 36.2 Å². The molecule has 0 saturated carbocycles. The lowest BCUT2D eigenvalue weighted by molar-refractivity contribution is -0.139. The molecule has 2 rings (SSSR count). The summed E-state index contributed by atoms with van der Waals surface area (Å²) in [7, 11) is 1.15. The molecule has 0 fully saturated rings. The fraction of sp³-hybridized carbons (Fsp3) is 0.278. The number of aryl methyl sites for hydroxylation is 1. The number of hydrogen-bond acceptors (Lipinski definition) is 4. The SMILES string of the molecule is CCc1ccc(OCc2c(Br)cccc2OC(=O)OC)c(C(F)(F)F)c1. The third-order valence-electron chi connectivity index (χ3n) is 3.57. The molecule has 2 aromatic carbocycles. The van der Waals surface area contributed by atoms with Gasteiger partial charge < -0.3 is 14.2 Å². The van der Waals surface area contributed by atoms with Crippen molar-refractivity contribution in [2.75, 3.05) is 7.11 Å². The summed E-state index contributed by atoms with van der Waals surface area (Å²) in [6.45, 7) is 1.54. The monoisotopic (exact) mass is 432 g/mol. The minimum absolute atomic E-state index is 0.130.